The highest BCUT2D eigenvalue weighted by Crippen LogP contribution is 2.26. The SMILES string of the molecule is CCCN(CC(N)c1cc(C)ccc1OC)CC(F)(F)F. The van der Waals surface area contributed by atoms with E-state index in [1.807, 2.05) is 26.0 Å². The molecule has 1 rings (SSSR count). The Morgan fingerprint density at radius 3 is 2.52 bits per heavy atom. The summed E-state index contributed by atoms with van der Waals surface area (Å²) in [6.45, 7) is 3.33. The predicted octanol–water partition coefficient (Wildman–Crippen LogP) is 3.28. The Balaban J connectivity index is 2.86. The van der Waals surface area contributed by atoms with Gasteiger partial charge in [0, 0.05) is 18.2 Å². The number of benzene rings is 1. The fourth-order valence-corrected chi connectivity index (χ4v) is 2.32. The number of hydrogen-bond donors (Lipinski definition) is 1. The Labute approximate surface area is 123 Å². The molecule has 120 valence electrons. The summed E-state index contributed by atoms with van der Waals surface area (Å²) >= 11 is 0. The van der Waals surface area contributed by atoms with Crippen molar-refractivity contribution in [3.63, 3.8) is 0 Å². The first-order chi connectivity index (χ1) is 9.76. The number of aryl methyl sites for hydroxylation is 1. The van der Waals surface area contributed by atoms with E-state index in [0.29, 0.717) is 18.7 Å². The smallest absolute Gasteiger partial charge is 0.401 e. The second-order valence-electron chi connectivity index (χ2n) is 5.20. The van der Waals surface area contributed by atoms with Gasteiger partial charge in [-0.05, 0) is 26.0 Å². The number of halogens is 3. The normalized spacial score (nSPS) is 13.5. The summed E-state index contributed by atoms with van der Waals surface area (Å²) in [6.07, 6.45) is -3.57. The number of nitrogens with two attached hydrogens (primary N) is 1. The first kappa shape index (κ1) is 17.8. The lowest BCUT2D eigenvalue weighted by Crippen LogP contribution is -2.39. The minimum absolute atomic E-state index is 0.146. The summed E-state index contributed by atoms with van der Waals surface area (Å²) in [4.78, 5) is 1.34. The Morgan fingerprint density at radius 2 is 2.00 bits per heavy atom. The van der Waals surface area contributed by atoms with Crippen molar-refractivity contribution in [2.75, 3.05) is 26.7 Å². The Hall–Kier alpha value is -1.27. The molecule has 0 aliphatic rings. The van der Waals surface area contributed by atoms with Crippen LogP contribution in [-0.4, -0.2) is 37.8 Å². The van der Waals surface area contributed by atoms with Crippen LogP contribution in [0.4, 0.5) is 13.2 Å². The highest BCUT2D eigenvalue weighted by atomic mass is 19.4. The summed E-state index contributed by atoms with van der Waals surface area (Å²) < 4.78 is 43.0. The zero-order valence-electron chi connectivity index (χ0n) is 12.7. The van der Waals surface area contributed by atoms with E-state index in [9.17, 15) is 13.2 Å². The monoisotopic (exact) mass is 304 g/mol. The molecule has 21 heavy (non-hydrogen) atoms. The molecular formula is C15H23F3N2O. The van der Waals surface area contributed by atoms with E-state index in [-0.39, 0.29) is 6.54 Å². The van der Waals surface area contributed by atoms with Gasteiger partial charge >= 0.3 is 6.18 Å². The molecule has 0 radical (unpaired) electrons. The lowest BCUT2D eigenvalue weighted by atomic mass is 10.0. The molecule has 6 heteroatoms. The van der Waals surface area contributed by atoms with Crippen molar-refractivity contribution >= 4 is 0 Å². The number of alkyl halides is 3. The Bertz CT molecular complexity index is 449. The first-order valence-electron chi connectivity index (χ1n) is 6.96. The zero-order chi connectivity index (χ0) is 16.0. The molecule has 0 aliphatic carbocycles. The summed E-state index contributed by atoms with van der Waals surface area (Å²) in [5.41, 5.74) is 7.84. The number of rotatable bonds is 7. The number of hydrogen-bond acceptors (Lipinski definition) is 3. The molecule has 0 aromatic heterocycles. The third-order valence-corrected chi connectivity index (χ3v) is 3.18. The third-order valence-electron chi connectivity index (χ3n) is 3.18. The molecule has 1 atom stereocenters. The molecule has 0 saturated heterocycles. The van der Waals surface area contributed by atoms with Gasteiger partial charge < -0.3 is 10.5 Å². The maximum absolute atomic E-state index is 12.6. The second kappa shape index (κ2) is 7.66. The second-order valence-corrected chi connectivity index (χ2v) is 5.20. The molecule has 1 aromatic carbocycles. The topological polar surface area (TPSA) is 38.5 Å². The van der Waals surface area contributed by atoms with Crippen molar-refractivity contribution in [3.8, 4) is 5.75 Å². The van der Waals surface area contributed by atoms with Crippen molar-refractivity contribution < 1.29 is 17.9 Å². The van der Waals surface area contributed by atoms with Crippen LogP contribution >= 0.6 is 0 Å². The maximum Gasteiger partial charge on any atom is 0.401 e. The van der Waals surface area contributed by atoms with Crippen molar-refractivity contribution in [3.05, 3.63) is 29.3 Å². The van der Waals surface area contributed by atoms with Gasteiger partial charge in [-0.2, -0.15) is 13.2 Å². The van der Waals surface area contributed by atoms with Crippen LogP contribution in [-0.2, 0) is 0 Å². The molecular weight excluding hydrogens is 281 g/mol. The van der Waals surface area contributed by atoms with Crippen LogP contribution < -0.4 is 10.5 Å². The molecule has 0 spiro atoms. The van der Waals surface area contributed by atoms with E-state index in [1.54, 1.807) is 6.07 Å². The van der Waals surface area contributed by atoms with Crippen molar-refractivity contribution in [2.24, 2.45) is 5.73 Å². The van der Waals surface area contributed by atoms with Crippen LogP contribution in [0.15, 0.2) is 18.2 Å². The average molecular weight is 304 g/mol. The quantitative estimate of drug-likeness (QED) is 0.840. The number of nitrogens with zero attached hydrogens (tertiary/aromatic N) is 1. The van der Waals surface area contributed by atoms with Crippen LogP contribution in [0.5, 0.6) is 5.75 Å². The number of ether oxygens (including phenoxy) is 1. The molecule has 0 amide bonds. The number of methoxy groups -OCH3 is 1. The molecule has 0 bridgehead atoms. The van der Waals surface area contributed by atoms with Gasteiger partial charge in [0.25, 0.3) is 0 Å². The minimum Gasteiger partial charge on any atom is -0.496 e. The molecule has 1 aromatic rings. The summed E-state index contributed by atoms with van der Waals surface area (Å²) in [7, 11) is 1.53. The molecule has 3 nitrogen and oxygen atoms in total. The van der Waals surface area contributed by atoms with Gasteiger partial charge in [0.05, 0.1) is 13.7 Å². The standard InChI is InChI=1S/C15H23F3N2O/c1-4-7-20(10-15(16,17)18)9-13(19)12-8-11(2)5-6-14(12)21-3/h5-6,8,13H,4,7,9-10,19H2,1-3H3. The maximum atomic E-state index is 12.6. The van der Waals surface area contributed by atoms with Gasteiger partial charge in [0.1, 0.15) is 5.75 Å². The van der Waals surface area contributed by atoms with Gasteiger partial charge in [-0.1, -0.05) is 24.6 Å². The Kier molecular flexibility index (Phi) is 6.48. The lowest BCUT2D eigenvalue weighted by Gasteiger charge is -2.27. The molecule has 0 saturated carbocycles. The van der Waals surface area contributed by atoms with Gasteiger partial charge in [0.2, 0.25) is 0 Å². The van der Waals surface area contributed by atoms with E-state index < -0.39 is 18.8 Å². The zero-order valence-corrected chi connectivity index (χ0v) is 12.7. The third kappa shape index (κ3) is 5.93. The summed E-state index contributed by atoms with van der Waals surface area (Å²) in [6, 6.07) is 5.02. The van der Waals surface area contributed by atoms with Crippen LogP contribution in [0.25, 0.3) is 0 Å². The predicted molar refractivity (Wildman–Crippen MR) is 77.4 cm³/mol. The highest BCUT2D eigenvalue weighted by molar-refractivity contribution is 5.39. The van der Waals surface area contributed by atoms with E-state index in [1.165, 1.54) is 12.0 Å². The van der Waals surface area contributed by atoms with Crippen molar-refractivity contribution in [1.29, 1.82) is 0 Å². The van der Waals surface area contributed by atoms with Gasteiger partial charge in [-0.15, -0.1) is 0 Å². The molecule has 1 unspecified atom stereocenters. The van der Waals surface area contributed by atoms with Crippen LogP contribution in [0.1, 0.15) is 30.5 Å². The van der Waals surface area contributed by atoms with Gasteiger partial charge in [-0.25, -0.2) is 0 Å². The van der Waals surface area contributed by atoms with E-state index in [4.69, 9.17) is 10.5 Å². The van der Waals surface area contributed by atoms with E-state index in [0.717, 1.165) is 11.1 Å². The molecule has 2 N–H and O–H groups in total. The molecule has 0 fully saturated rings. The molecule has 0 aliphatic heterocycles. The van der Waals surface area contributed by atoms with Gasteiger partial charge in [-0.3, -0.25) is 4.90 Å². The van der Waals surface area contributed by atoms with Gasteiger partial charge in [0.15, 0.2) is 0 Å². The van der Waals surface area contributed by atoms with E-state index in [2.05, 4.69) is 0 Å². The largest absolute Gasteiger partial charge is 0.496 e. The van der Waals surface area contributed by atoms with Crippen LogP contribution in [0.2, 0.25) is 0 Å². The van der Waals surface area contributed by atoms with Crippen molar-refractivity contribution in [2.45, 2.75) is 32.5 Å². The minimum atomic E-state index is -4.22. The summed E-state index contributed by atoms with van der Waals surface area (Å²) in [5.74, 6) is 0.608. The summed E-state index contributed by atoms with van der Waals surface area (Å²) in [5, 5.41) is 0. The van der Waals surface area contributed by atoms with Crippen LogP contribution in [0, 0.1) is 6.92 Å². The lowest BCUT2D eigenvalue weighted by molar-refractivity contribution is -0.146. The Morgan fingerprint density at radius 1 is 1.33 bits per heavy atom. The fourth-order valence-electron chi connectivity index (χ4n) is 2.32. The average Bonchev–Trinajstić information content (AvgIpc) is 2.37. The highest BCUT2D eigenvalue weighted by Gasteiger charge is 2.31. The van der Waals surface area contributed by atoms with Crippen molar-refractivity contribution in [1.82, 2.24) is 4.90 Å². The fraction of sp³-hybridized carbons (Fsp3) is 0.600. The molecule has 0 heterocycles. The first-order valence-corrected chi connectivity index (χ1v) is 6.96. The van der Waals surface area contributed by atoms with Crippen LogP contribution in [0.3, 0.4) is 0 Å². The van der Waals surface area contributed by atoms with E-state index >= 15 is 0 Å².